The number of methoxy groups -OCH3 is 1. The van der Waals surface area contributed by atoms with Gasteiger partial charge < -0.3 is 15.4 Å². The molecule has 4 N–H and O–H groups in total. The fourth-order valence-corrected chi connectivity index (χ4v) is 3.99. The van der Waals surface area contributed by atoms with E-state index in [4.69, 9.17) is 17.0 Å². The first-order valence-electron chi connectivity index (χ1n) is 10.6. The van der Waals surface area contributed by atoms with Crippen LogP contribution < -0.4 is 26.2 Å². The van der Waals surface area contributed by atoms with E-state index in [9.17, 15) is 18.0 Å². The number of aryl methyl sites for hydroxylation is 1. The van der Waals surface area contributed by atoms with Gasteiger partial charge >= 0.3 is 6.18 Å². The largest absolute Gasteiger partial charge is 0.497 e. The highest BCUT2D eigenvalue weighted by Crippen LogP contribution is 2.44. The highest BCUT2D eigenvalue weighted by atomic mass is 32.1. The Morgan fingerprint density at radius 2 is 1.89 bits per heavy atom. The minimum atomic E-state index is -4.56. The molecule has 3 aromatic rings. The number of aromatic nitrogens is 2. The fourth-order valence-electron chi connectivity index (χ4n) is 3.83. The van der Waals surface area contributed by atoms with Gasteiger partial charge in [0, 0.05) is 12.1 Å². The summed E-state index contributed by atoms with van der Waals surface area (Å²) in [7, 11) is 1.51. The summed E-state index contributed by atoms with van der Waals surface area (Å²) in [6, 6.07) is 11.5. The van der Waals surface area contributed by atoms with Gasteiger partial charge in [0.15, 0.2) is 11.2 Å². The number of ether oxygens (including phenoxy) is 1. The Labute approximate surface area is 204 Å². The van der Waals surface area contributed by atoms with E-state index in [1.165, 1.54) is 7.11 Å². The van der Waals surface area contributed by atoms with Crippen LogP contribution in [0.2, 0.25) is 0 Å². The Bertz CT molecular complexity index is 1230. The number of benzene rings is 2. The smallest absolute Gasteiger partial charge is 0.410 e. The maximum Gasteiger partial charge on any atom is 0.410 e. The second-order valence-electron chi connectivity index (χ2n) is 7.96. The van der Waals surface area contributed by atoms with Gasteiger partial charge in [-0.25, -0.2) is 4.68 Å². The minimum Gasteiger partial charge on any atom is -0.497 e. The van der Waals surface area contributed by atoms with Crippen molar-refractivity contribution in [3.8, 4) is 5.75 Å². The number of nitrogens with zero attached hydrogens (tertiary/aromatic N) is 2. The summed E-state index contributed by atoms with van der Waals surface area (Å²) >= 11 is 5.20. The third kappa shape index (κ3) is 5.32. The van der Waals surface area contributed by atoms with Crippen LogP contribution in [0.25, 0.3) is 0 Å². The molecule has 0 unspecified atom stereocenters. The molecule has 8 nitrogen and oxygen atoms in total. The van der Waals surface area contributed by atoms with Gasteiger partial charge in [-0.2, -0.15) is 18.3 Å². The van der Waals surface area contributed by atoms with Crippen LogP contribution in [0.15, 0.2) is 54.7 Å². The number of rotatable bonds is 4. The molecule has 1 aromatic heterocycles. The molecule has 184 valence electrons. The summed E-state index contributed by atoms with van der Waals surface area (Å²) in [4.78, 5) is 12.8. The number of amides is 1. The molecular weight excluding hydrogens is 481 g/mol. The fraction of sp³-hybridized carbons (Fsp3) is 0.261. The van der Waals surface area contributed by atoms with Crippen LogP contribution in [0, 0.1) is 6.92 Å². The average Bonchev–Trinajstić information content (AvgIpc) is 3.27. The zero-order chi connectivity index (χ0) is 25.2. The van der Waals surface area contributed by atoms with Crippen molar-refractivity contribution in [3.63, 3.8) is 0 Å². The number of anilines is 2. The molecule has 35 heavy (non-hydrogen) atoms. The van der Waals surface area contributed by atoms with Gasteiger partial charge in [-0.3, -0.25) is 15.6 Å². The van der Waals surface area contributed by atoms with Crippen molar-refractivity contribution in [3.05, 3.63) is 71.4 Å². The van der Waals surface area contributed by atoms with E-state index in [0.29, 0.717) is 11.3 Å². The van der Waals surface area contributed by atoms with Gasteiger partial charge in [0.25, 0.3) is 5.91 Å². The van der Waals surface area contributed by atoms with Gasteiger partial charge in [0.05, 0.1) is 19.3 Å². The Hall–Kier alpha value is -3.80. The number of hydrazine groups is 1. The van der Waals surface area contributed by atoms with Crippen molar-refractivity contribution >= 4 is 34.7 Å². The molecule has 2 atom stereocenters. The standard InChI is InChI=1S/C23H23F3N6O2S/c1-13-5-3-4-6-17(13)29-22(35)31-30-21(33)16-12-27-32-19(23(24,25)26)11-18(28-20(16)32)14-7-9-15(34-2)10-8-14/h3-10,12,18-19,28H,11H2,1-2H3,(H,30,33)(H2,29,31,35)/t18-,19+/m0/s1. The van der Waals surface area contributed by atoms with E-state index < -0.39 is 24.2 Å². The molecule has 12 heteroatoms. The predicted molar refractivity (Wildman–Crippen MR) is 129 cm³/mol. The number of carbonyl (C=O) groups excluding carboxylic acids is 1. The maximum absolute atomic E-state index is 13.9. The number of halogens is 3. The van der Waals surface area contributed by atoms with Gasteiger partial charge in [-0.1, -0.05) is 30.3 Å². The van der Waals surface area contributed by atoms with Crippen molar-refractivity contribution in [2.45, 2.75) is 31.6 Å². The lowest BCUT2D eigenvalue weighted by atomic mass is 9.96. The first-order chi connectivity index (χ1) is 16.7. The SMILES string of the molecule is COc1ccc([C@@H]2C[C@H](C(F)(F)F)n3ncc(C(=O)NNC(=S)Nc4ccccc4C)c3N2)cc1. The van der Waals surface area contributed by atoms with Crippen LogP contribution in [-0.2, 0) is 0 Å². The van der Waals surface area contributed by atoms with Crippen molar-refractivity contribution in [1.82, 2.24) is 20.6 Å². The number of alkyl halides is 3. The molecule has 2 aromatic carbocycles. The normalized spacial score (nSPS) is 17.1. The first-order valence-corrected chi connectivity index (χ1v) is 11.1. The summed E-state index contributed by atoms with van der Waals surface area (Å²) in [5.74, 6) is -0.135. The number of hydrogen-bond acceptors (Lipinski definition) is 5. The van der Waals surface area contributed by atoms with E-state index in [-0.39, 0.29) is 22.9 Å². The Morgan fingerprint density at radius 1 is 1.17 bits per heavy atom. The molecule has 0 saturated carbocycles. The number of carbonyl (C=O) groups is 1. The second-order valence-corrected chi connectivity index (χ2v) is 8.37. The topological polar surface area (TPSA) is 92.2 Å². The first kappa shape index (κ1) is 24.3. The van der Waals surface area contributed by atoms with Crippen LogP contribution in [0.1, 0.15) is 40.0 Å². The summed E-state index contributed by atoms with van der Waals surface area (Å²) in [6.07, 6.45) is -3.74. The molecule has 0 aliphatic carbocycles. The Balaban J connectivity index is 1.52. The summed E-state index contributed by atoms with van der Waals surface area (Å²) in [5, 5.41) is 9.97. The molecule has 0 spiro atoms. The number of fused-ring (bicyclic) bond motifs is 1. The molecule has 0 radical (unpaired) electrons. The van der Waals surface area contributed by atoms with Gasteiger partial charge in [0.2, 0.25) is 0 Å². The summed E-state index contributed by atoms with van der Waals surface area (Å²) < 4.78 is 47.6. The van der Waals surface area contributed by atoms with Gasteiger partial charge in [-0.05, 0) is 48.5 Å². The Morgan fingerprint density at radius 3 is 2.54 bits per heavy atom. The van der Waals surface area contributed by atoms with Gasteiger partial charge in [0.1, 0.15) is 17.1 Å². The zero-order valence-electron chi connectivity index (χ0n) is 18.8. The molecular formula is C23H23F3N6O2S. The lowest BCUT2D eigenvalue weighted by Crippen LogP contribution is -2.44. The lowest BCUT2D eigenvalue weighted by Gasteiger charge is -2.34. The van der Waals surface area contributed by atoms with E-state index in [1.807, 2.05) is 31.2 Å². The molecule has 2 heterocycles. The van der Waals surface area contributed by atoms with Crippen LogP contribution in [0.4, 0.5) is 24.7 Å². The number of para-hydroxylation sites is 1. The Kier molecular flexibility index (Phi) is 6.83. The zero-order valence-corrected chi connectivity index (χ0v) is 19.6. The molecule has 1 aliphatic rings. The summed E-state index contributed by atoms with van der Waals surface area (Å²) in [6.45, 7) is 1.89. The summed E-state index contributed by atoms with van der Waals surface area (Å²) in [5.41, 5.74) is 7.25. The number of thiocarbonyl (C=S) groups is 1. The third-order valence-corrected chi connectivity index (χ3v) is 5.89. The lowest BCUT2D eigenvalue weighted by molar-refractivity contribution is -0.173. The van der Waals surface area contributed by atoms with E-state index in [0.717, 1.165) is 22.1 Å². The van der Waals surface area contributed by atoms with Crippen LogP contribution in [0.3, 0.4) is 0 Å². The molecule has 0 fully saturated rings. The van der Waals surface area contributed by atoms with E-state index in [2.05, 4.69) is 26.6 Å². The van der Waals surface area contributed by atoms with Crippen molar-refractivity contribution in [2.24, 2.45) is 0 Å². The molecule has 4 rings (SSSR count). The highest BCUT2D eigenvalue weighted by molar-refractivity contribution is 7.80. The van der Waals surface area contributed by atoms with Crippen molar-refractivity contribution < 1.29 is 22.7 Å². The van der Waals surface area contributed by atoms with Crippen LogP contribution >= 0.6 is 12.2 Å². The number of hydrogen-bond donors (Lipinski definition) is 4. The highest BCUT2D eigenvalue weighted by Gasteiger charge is 2.47. The van der Waals surface area contributed by atoms with Crippen molar-refractivity contribution in [2.75, 3.05) is 17.7 Å². The maximum atomic E-state index is 13.9. The van der Waals surface area contributed by atoms with Gasteiger partial charge in [-0.15, -0.1) is 0 Å². The molecule has 1 amide bonds. The average molecular weight is 505 g/mol. The monoisotopic (exact) mass is 504 g/mol. The van der Waals surface area contributed by atoms with Crippen LogP contribution in [-0.4, -0.2) is 34.1 Å². The molecule has 0 saturated heterocycles. The number of nitrogens with one attached hydrogen (secondary N) is 4. The minimum absolute atomic E-state index is 0.0310. The predicted octanol–water partition coefficient (Wildman–Crippen LogP) is 4.49. The van der Waals surface area contributed by atoms with E-state index >= 15 is 0 Å². The second kappa shape index (κ2) is 9.82. The van der Waals surface area contributed by atoms with Crippen LogP contribution in [0.5, 0.6) is 5.75 Å². The quantitative estimate of drug-likeness (QED) is 0.307. The van der Waals surface area contributed by atoms with Crippen molar-refractivity contribution in [1.29, 1.82) is 0 Å². The molecule has 1 aliphatic heterocycles. The third-order valence-electron chi connectivity index (χ3n) is 5.68. The van der Waals surface area contributed by atoms with E-state index in [1.54, 1.807) is 24.3 Å². The molecule has 0 bridgehead atoms.